The van der Waals surface area contributed by atoms with E-state index in [1.807, 2.05) is 34.7 Å². The summed E-state index contributed by atoms with van der Waals surface area (Å²) in [6.07, 6.45) is 1.03. The Kier molecular flexibility index (Phi) is 25.6. The average molecular weight is 1170 g/mol. The molecule has 3 aliphatic rings. The van der Waals surface area contributed by atoms with Gasteiger partial charge in [0.25, 0.3) is 5.91 Å². The number of ketones is 1. The number of halogens is 6. The Morgan fingerprint density at radius 1 is 0.879 bits per heavy atom. The second kappa shape index (κ2) is 21.2. The minimum absolute atomic E-state index is 0. The van der Waals surface area contributed by atoms with E-state index < -0.39 is 0 Å². The number of nitrogens with zero attached hydrogens (tertiary/aromatic N) is 3. The standard InChI is InChI=1S/C10H11NO2.C7H11NO.C2H3N.CH4.I3.3HI.V/c1-5-4-7(12)9-6(2)11(3)10(13)8(5)9;1-5-4-7(9)8(3)6(5)2;1-2-3;;1-3-2;;;;/h4H2,1-3H3;4H2,1-3H3;1H3;1H4;;3*1H;/q;;;;-1;;;;+3/p-3. The molecule has 0 N–H and O–H groups in total. The Bertz CT molecular complexity index is 848. The third kappa shape index (κ3) is 14.1. The Balaban J connectivity index is -0.000000394. The number of carbonyl (C=O) groups excluding carboxylic acids is 3. The van der Waals surface area contributed by atoms with Crippen LogP contribution in [0.4, 0.5) is 0 Å². The van der Waals surface area contributed by atoms with E-state index in [0.717, 1.165) is 17.0 Å². The Morgan fingerprint density at radius 2 is 1.27 bits per heavy atom. The molecule has 2 aliphatic heterocycles. The maximum atomic E-state index is 11.6. The molecule has 0 bridgehead atoms. The van der Waals surface area contributed by atoms with Crippen LogP contribution < -0.4 is 13.3 Å². The van der Waals surface area contributed by atoms with Crippen molar-refractivity contribution < 1.29 is 32.6 Å². The van der Waals surface area contributed by atoms with Crippen LogP contribution in [0.15, 0.2) is 33.7 Å². The molecule has 33 heavy (non-hydrogen) atoms. The van der Waals surface area contributed by atoms with E-state index >= 15 is 0 Å². The third-order valence-electron chi connectivity index (χ3n) is 4.68. The van der Waals surface area contributed by atoms with E-state index in [2.05, 4.69) is 97.2 Å². The zero-order valence-electron chi connectivity index (χ0n) is 18.7. The average Bonchev–Trinajstić information content (AvgIpc) is 3.19. The van der Waals surface area contributed by atoms with Gasteiger partial charge in [-0.15, -0.1) is 0 Å². The van der Waals surface area contributed by atoms with Crippen LogP contribution in [0, 0.1) is 11.3 Å². The number of carbonyl (C=O) groups is 3. The fourth-order valence-electron chi connectivity index (χ4n) is 2.88. The van der Waals surface area contributed by atoms with E-state index in [9.17, 15) is 14.4 Å². The van der Waals surface area contributed by atoms with E-state index in [1.54, 1.807) is 22.9 Å². The van der Waals surface area contributed by atoms with Gasteiger partial charge in [-0.05, 0) is 33.3 Å². The first kappa shape index (κ1) is 39.8. The molecule has 13 heteroatoms. The molecule has 0 fully saturated rings. The number of Topliss-reactive ketones (excluding diaryl/α,β-unsaturated/α-hetero) is 1. The molecule has 0 atom stereocenters. The first-order valence-electron chi connectivity index (χ1n) is 8.83. The quantitative estimate of drug-likeness (QED) is 0.328. The number of hydrogen-bond acceptors (Lipinski definition) is 4. The predicted molar refractivity (Wildman–Crippen MR) is 172 cm³/mol. The normalized spacial score (nSPS) is 16.2. The summed E-state index contributed by atoms with van der Waals surface area (Å²) < 4.78 is 0. The molecule has 0 spiro atoms. The Labute approximate surface area is 266 Å². The fraction of sp³-hybridized carbons (Fsp3) is 0.500. The molecule has 0 aromatic rings. The van der Waals surface area contributed by atoms with Crippen molar-refractivity contribution in [2.24, 2.45) is 0 Å². The summed E-state index contributed by atoms with van der Waals surface area (Å²) in [6.45, 7) is 9.07. The van der Waals surface area contributed by atoms with Crippen LogP contribution in [-0.2, 0) is 19.3 Å². The molecule has 3 rings (SSSR count). The van der Waals surface area contributed by atoms with Crippen LogP contribution in [0.1, 0.15) is 54.9 Å². The third-order valence-corrected chi connectivity index (χ3v) is 4.68. The number of fused-ring (bicyclic) bond motifs is 1. The van der Waals surface area contributed by atoms with Gasteiger partial charge in [0.2, 0.25) is 5.91 Å². The van der Waals surface area contributed by atoms with Crippen molar-refractivity contribution in [1.29, 1.82) is 5.26 Å². The van der Waals surface area contributed by atoms with E-state index in [1.165, 1.54) is 12.5 Å². The fourth-order valence-corrected chi connectivity index (χ4v) is 2.88. The molecule has 190 valence electrons. The van der Waals surface area contributed by atoms with Gasteiger partial charge in [-0.2, -0.15) is 5.26 Å². The van der Waals surface area contributed by atoms with E-state index in [0.29, 0.717) is 37.2 Å². The summed E-state index contributed by atoms with van der Waals surface area (Å²) in [5.74, 6) is 0.267. The number of hydrogen-bond donors (Lipinski definition) is 0. The number of likely N-dealkylation sites (N-methyl/N-ethyl adjacent to an activating group) is 1. The summed E-state index contributed by atoms with van der Waals surface area (Å²) >= 11 is 12.7. The van der Waals surface area contributed by atoms with Crippen LogP contribution >= 0.6 is 97.2 Å². The van der Waals surface area contributed by atoms with Crippen LogP contribution in [-0.4, -0.2) is 41.5 Å². The number of amides is 2. The van der Waals surface area contributed by atoms with Crippen molar-refractivity contribution in [1.82, 2.24) is 9.80 Å². The summed E-state index contributed by atoms with van der Waals surface area (Å²) in [6, 6.07) is 1.75. The van der Waals surface area contributed by atoms with Gasteiger partial charge in [-0.25, -0.2) is 0 Å². The van der Waals surface area contributed by atoms with Gasteiger partial charge < -0.3 is 9.80 Å². The molecule has 0 aromatic carbocycles. The zero-order chi connectivity index (χ0) is 25.8. The van der Waals surface area contributed by atoms with Crippen LogP contribution in [0.5, 0.6) is 0 Å². The van der Waals surface area contributed by atoms with Gasteiger partial charge in [0.1, 0.15) is 0 Å². The van der Waals surface area contributed by atoms with E-state index in [-0.39, 0.29) is 29.9 Å². The number of allylic oxidation sites excluding steroid dienone is 3. The van der Waals surface area contributed by atoms with Gasteiger partial charge in [-0.1, -0.05) is 13.0 Å². The summed E-state index contributed by atoms with van der Waals surface area (Å²) in [7, 11) is 3.52. The van der Waals surface area contributed by atoms with Crippen LogP contribution in [0.2, 0.25) is 0 Å². The van der Waals surface area contributed by atoms with Gasteiger partial charge >= 0.3 is 115 Å². The van der Waals surface area contributed by atoms with Crippen molar-refractivity contribution in [3.8, 4) is 6.07 Å². The maximum absolute atomic E-state index is 11.6. The number of rotatable bonds is 0. The molecule has 2 heterocycles. The Morgan fingerprint density at radius 3 is 1.52 bits per heavy atom. The first-order chi connectivity index (χ1) is 14.7. The second-order valence-corrected chi connectivity index (χ2v) is 58.2. The minimum atomic E-state index is -0.278. The Hall–Kier alpha value is 2.28. The van der Waals surface area contributed by atoms with Crippen LogP contribution in [0.25, 0.3) is 0 Å². The summed E-state index contributed by atoms with van der Waals surface area (Å²) in [5.41, 5.74) is 5.30. The monoisotopic (exact) mass is 1170 g/mol. The zero-order valence-corrected chi connectivity index (χ0v) is 33.0. The second-order valence-electron chi connectivity index (χ2n) is 6.54. The molecule has 0 saturated carbocycles. The van der Waals surface area contributed by atoms with Gasteiger partial charge in [0.05, 0.1) is 11.6 Å². The topological polar surface area (TPSA) is 81.5 Å². The molecule has 0 radical (unpaired) electrons. The first-order valence-corrected chi connectivity index (χ1v) is 34.9. The number of nitriles is 1. The van der Waals surface area contributed by atoms with Crippen molar-refractivity contribution >= 4 is 115 Å². The molecule has 0 saturated heterocycles. The van der Waals surface area contributed by atoms with Crippen molar-refractivity contribution in [3.05, 3.63) is 33.7 Å². The van der Waals surface area contributed by atoms with Crippen molar-refractivity contribution in [2.45, 2.75) is 54.9 Å². The predicted octanol–water partition coefficient (Wildman–Crippen LogP) is 4.76. The molecule has 6 nitrogen and oxygen atoms in total. The molecular weight excluding hydrogens is 1140 g/mol. The summed E-state index contributed by atoms with van der Waals surface area (Å²) in [5, 5.41) is 7.32. The molecule has 2 amide bonds. The molecule has 1 aliphatic carbocycles. The summed E-state index contributed by atoms with van der Waals surface area (Å²) in [4.78, 5) is 37.0. The molecule has 0 aromatic heterocycles. The van der Waals surface area contributed by atoms with Crippen molar-refractivity contribution in [3.63, 3.8) is 0 Å². The van der Waals surface area contributed by atoms with E-state index in [4.69, 9.17) is 5.26 Å². The van der Waals surface area contributed by atoms with Gasteiger partial charge in [-0.3, -0.25) is 14.4 Å². The van der Waals surface area contributed by atoms with Crippen LogP contribution in [0.3, 0.4) is 0 Å². The SMILES string of the molecule is C.CC#N.CC1=C(C)N(C)C(=O)C1.CC1=C2C(=O)N(C)C(C)=C2C(=O)C1.I[I-]I.[I][V]([I])[I]. The van der Waals surface area contributed by atoms with Gasteiger partial charge in [0, 0.05) is 50.8 Å². The molecule has 0 unspecified atom stereocenters. The molecular formula is C20H29I6N3O3V-. The van der Waals surface area contributed by atoms with Crippen molar-refractivity contribution in [2.75, 3.05) is 14.1 Å². The van der Waals surface area contributed by atoms with Gasteiger partial charge in [0.15, 0.2) is 5.78 Å².